The number of nitriles is 8. The first-order valence-corrected chi connectivity index (χ1v) is 16.1. The Morgan fingerprint density at radius 2 is 0.661 bits per heavy atom. The van der Waals surface area contributed by atoms with E-state index in [1.54, 1.807) is 36.4 Å². The summed E-state index contributed by atoms with van der Waals surface area (Å²) >= 11 is 0. The van der Waals surface area contributed by atoms with E-state index in [0.717, 1.165) is 0 Å². The van der Waals surface area contributed by atoms with Crippen molar-refractivity contribution in [2.75, 3.05) is 0 Å². The Bertz CT molecular complexity index is 3590. The Morgan fingerprint density at radius 1 is 0.339 bits per heavy atom. The van der Waals surface area contributed by atoms with Gasteiger partial charge in [-0.2, -0.15) is 42.1 Å². The third-order valence-corrected chi connectivity index (χ3v) is 9.43. The molecule has 0 unspecified atom stereocenters. The molecule has 0 fully saturated rings. The van der Waals surface area contributed by atoms with Crippen LogP contribution in [0.25, 0.3) is 89.7 Å². The highest BCUT2D eigenvalue weighted by molar-refractivity contribution is 6.13. The molecular weight excluding hydrogens is 705 g/mol. The summed E-state index contributed by atoms with van der Waals surface area (Å²) in [5, 5.41) is 83.6. The molecule has 0 aliphatic carbocycles. The van der Waals surface area contributed by atoms with Crippen molar-refractivity contribution < 1.29 is 0 Å². The molecule has 16 nitrogen and oxygen atoms in total. The lowest BCUT2D eigenvalue weighted by atomic mass is 9.88. The van der Waals surface area contributed by atoms with Crippen LogP contribution in [0.15, 0.2) is 48.5 Å². The van der Waals surface area contributed by atoms with E-state index in [9.17, 15) is 42.1 Å². The highest BCUT2D eigenvalue weighted by Gasteiger charge is 2.33. The number of nitrogens with one attached hydrogen (secondary N) is 2. The fourth-order valence-corrected chi connectivity index (χ4v) is 7.10. The summed E-state index contributed by atoms with van der Waals surface area (Å²) in [6.07, 6.45) is 0. The zero-order valence-electron chi connectivity index (χ0n) is 27.9. The van der Waals surface area contributed by atoms with Gasteiger partial charge in [0.15, 0.2) is 23.3 Å². The van der Waals surface area contributed by atoms with Gasteiger partial charge >= 0.3 is 0 Å². The van der Waals surface area contributed by atoms with E-state index in [1.807, 2.05) is 60.7 Å². The molecule has 0 atom stereocenters. The van der Waals surface area contributed by atoms with Gasteiger partial charge in [-0.1, -0.05) is 48.5 Å². The number of aromatic amines is 2. The van der Waals surface area contributed by atoms with Gasteiger partial charge < -0.3 is 9.97 Å². The highest BCUT2D eigenvalue weighted by atomic mass is 15.1. The van der Waals surface area contributed by atoms with Crippen molar-refractivity contribution in [3.05, 3.63) is 93.0 Å². The monoisotopic (exact) mass is 714 g/mol. The second-order valence-electron chi connectivity index (χ2n) is 12.1. The minimum Gasteiger partial charge on any atom is -0.324 e. The van der Waals surface area contributed by atoms with Crippen molar-refractivity contribution in [2.24, 2.45) is 0 Å². The van der Waals surface area contributed by atoms with Crippen LogP contribution in [-0.4, -0.2) is 39.9 Å². The van der Waals surface area contributed by atoms with Crippen LogP contribution in [0.1, 0.15) is 44.5 Å². The molecule has 16 heteroatoms. The lowest BCUT2D eigenvalue weighted by Crippen LogP contribution is -2.01. The van der Waals surface area contributed by atoms with E-state index in [2.05, 4.69) is 15.0 Å². The van der Waals surface area contributed by atoms with Crippen molar-refractivity contribution in [1.29, 1.82) is 42.1 Å². The average molecular weight is 715 g/mol. The maximum absolute atomic E-state index is 10.5. The Labute approximate surface area is 312 Å². The van der Waals surface area contributed by atoms with Crippen LogP contribution in [-0.2, 0) is 0 Å². The summed E-state index contributed by atoms with van der Waals surface area (Å²) in [5.74, 6) is 0.00104. The summed E-state index contributed by atoms with van der Waals surface area (Å²) in [4.78, 5) is 34.9. The predicted octanol–water partition coefficient (Wildman–Crippen LogP) is 5.84. The molecule has 0 spiro atoms. The molecule has 8 bridgehead atoms. The van der Waals surface area contributed by atoms with Crippen LogP contribution in [0.5, 0.6) is 0 Å². The Balaban J connectivity index is 1.62. The number of benzene rings is 4. The van der Waals surface area contributed by atoms with Crippen molar-refractivity contribution in [2.45, 2.75) is 0 Å². The van der Waals surface area contributed by atoms with Gasteiger partial charge in [0.1, 0.15) is 71.1 Å². The fourth-order valence-electron chi connectivity index (χ4n) is 7.10. The minimum absolute atomic E-state index is 0.0312. The van der Waals surface area contributed by atoms with Gasteiger partial charge in [0, 0.05) is 32.7 Å². The second-order valence-corrected chi connectivity index (χ2v) is 12.1. The topological polar surface area (TPSA) is 299 Å². The summed E-state index contributed by atoms with van der Waals surface area (Å²) in [6, 6.07) is 29.8. The van der Waals surface area contributed by atoms with E-state index < -0.39 is 5.56 Å². The lowest BCUT2D eigenvalue weighted by Gasteiger charge is -2.08. The number of fused-ring (bicyclic) bond motifs is 20. The Morgan fingerprint density at radius 3 is 1.09 bits per heavy atom. The summed E-state index contributed by atoms with van der Waals surface area (Å²) in [6.45, 7) is 0. The van der Waals surface area contributed by atoms with E-state index in [-0.39, 0.29) is 101 Å². The van der Waals surface area contributed by atoms with Gasteiger partial charge in [0.2, 0.25) is 0 Å². The summed E-state index contributed by atoms with van der Waals surface area (Å²) < 4.78 is 0. The molecule has 56 heavy (non-hydrogen) atoms. The van der Waals surface area contributed by atoms with Gasteiger partial charge in [0.05, 0.1) is 55.6 Å². The molecule has 0 radical (unpaired) electrons. The molecule has 7 aromatic rings. The van der Waals surface area contributed by atoms with Crippen LogP contribution in [0.4, 0.5) is 0 Å². The van der Waals surface area contributed by atoms with Gasteiger partial charge in [-0.25, -0.2) is 29.9 Å². The van der Waals surface area contributed by atoms with Crippen molar-refractivity contribution in [1.82, 2.24) is 39.9 Å². The first-order valence-electron chi connectivity index (χ1n) is 16.1. The second kappa shape index (κ2) is 11.9. The number of hydrogen-bond donors (Lipinski definition) is 2. The van der Waals surface area contributed by atoms with Crippen LogP contribution < -0.4 is 0 Å². The maximum atomic E-state index is 10.5. The number of H-pyrrole nitrogens is 2. The highest BCUT2D eigenvalue weighted by Crippen LogP contribution is 2.43. The molecule has 0 saturated carbocycles. The number of rotatable bonds is 0. The summed E-state index contributed by atoms with van der Waals surface area (Å²) in [5.41, 5.74) is -1.32. The third kappa shape index (κ3) is 4.19. The molecule has 2 aliphatic rings. The average Bonchev–Trinajstić information content (AvgIpc) is 3.97. The van der Waals surface area contributed by atoms with Crippen LogP contribution in [0.3, 0.4) is 0 Å². The van der Waals surface area contributed by atoms with E-state index in [1.165, 1.54) is 0 Å². The molecule has 9 rings (SSSR count). The first kappa shape index (κ1) is 32.1. The van der Waals surface area contributed by atoms with Gasteiger partial charge in [-0.3, -0.25) is 0 Å². The molecule has 4 aromatic carbocycles. The fraction of sp³-hybridized carbons (Fsp3) is 0. The lowest BCUT2D eigenvalue weighted by molar-refractivity contribution is 1.19. The van der Waals surface area contributed by atoms with Crippen LogP contribution in [0, 0.1) is 90.6 Å². The Hall–Kier alpha value is -9.84. The number of hydrogen-bond acceptors (Lipinski definition) is 14. The van der Waals surface area contributed by atoms with Gasteiger partial charge in [-0.05, 0) is 0 Å². The molecular formula is C40H10N16. The van der Waals surface area contributed by atoms with E-state index in [4.69, 9.17) is 24.9 Å². The predicted molar refractivity (Wildman–Crippen MR) is 194 cm³/mol. The van der Waals surface area contributed by atoms with Crippen molar-refractivity contribution in [3.63, 3.8) is 0 Å². The van der Waals surface area contributed by atoms with Crippen LogP contribution in [0.2, 0.25) is 0 Å². The first-order chi connectivity index (χ1) is 27.4. The normalized spacial score (nSPS) is 10.7. The summed E-state index contributed by atoms with van der Waals surface area (Å²) in [7, 11) is 0. The number of aromatic nitrogens is 8. The maximum Gasteiger partial charge on any atom is 0.166 e. The zero-order valence-corrected chi connectivity index (χ0v) is 27.9. The van der Waals surface area contributed by atoms with Gasteiger partial charge in [0.25, 0.3) is 0 Å². The molecule has 2 aliphatic heterocycles. The van der Waals surface area contributed by atoms with Crippen molar-refractivity contribution >= 4 is 44.1 Å². The zero-order chi connectivity index (χ0) is 38.8. The minimum atomic E-state index is -0.390. The molecule has 2 N–H and O–H groups in total. The van der Waals surface area contributed by atoms with E-state index >= 15 is 0 Å². The van der Waals surface area contributed by atoms with E-state index in [0.29, 0.717) is 27.5 Å². The van der Waals surface area contributed by atoms with Crippen LogP contribution >= 0.6 is 0 Å². The van der Waals surface area contributed by atoms with Crippen molar-refractivity contribution in [3.8, 4) is 94.1 Å². The third-order valence-electron chi connectivity index (χ3n) is 9.43. The molecule has 0 amide bonds. The SMILES string of the molecule is N#Cc1c(C#N)c(C#N)c2c(c1C#N)-c1nc-2nc2[nH]c(nc3nc(nc4[nH]c(n1)c1ccccc41)-c1ccccc1-3)c1c(C#N)c(C#N)c(C#N)c(C#N)c21. The quantitative estimate of drug-likeness (QED) is 0.186. The largest absolute Gasteiger partial charge is 0.324 e. The molecule has 3 aromatic heterocycles. The standard InChI is InChI=1S/C40H10N16/c41-9-21-23(11-43)27(15-47)31-29(25(21)13-45)37-52-35-19-7-3-1-5-17(19)33(50-35)49-34-18-6-2-4-8-20(18)36(51-34)53-38-30-26(14-46)22(10-42)24(12-44)28(16-48)32(30)40(55-38)56-39(31)54-37/h1-8H,(H2,49,50,51,52,53,54,55,56). The molecule has 5 heterocycles. The number of nitrogens with zero attached hydrogens (tertiary/aromatic N) is 14. The van der Waals surface area contributed by atoms with Gasteiger partial charge in [-0.15, -0.1) is 0 Å². The Kier molecular flexibility index (Phi) is 6.80. The smallest absolute Gasteiger partial charge is 0.166 e. The molecule has 250 valence electrons. The molecule has 0 saturated heterocycles.